The minimum absolute atomic E-state index is 0.204. The van der Waals surface area contributed by atoms with Gasteiger partial charge in [-0.3, -0.25) is 19.3 Å². The van der Waals surface area contributed by atoms with Crippen molar-refractivity contribution >= 4 is 50.1 Å². The number of rotatable bonds is 5. The van der Waals surface area contributed by atoms with E-state index in [0.29, 0.717) is 16.3 Å². The Kier molecular flexibility index (Phi) is 5.06. The van der Waals surface area contributed by atoms with E-state index < -0.39 is 23.8 Å². The second-order valence-corrected chi connectivity index (χ2v) is 8.01. The van der Waals surface area contributed by atoms with E-state index >= 15 is 0 Å². The molecule has 1 aliphatic heterocycles. The van der Waals surface area contributed by atoms with Gasteiger partial charge in [0.2, 0.25) is 5.91 Å². The quantitative estimate of drug-likeness (QED) is 0.594. The molecule has 8 heteroatoms. The number of benzene rings is 2. The lowest BCUT2D eigenvalue weighted by Gasteiger charge is -2.25. The van der Waals surface area contributed by atoms with Gasteiger partial charge < -0.3 is 5.32 Å². The zero-order valence-corrected chi connectivity index (χ0v) is 16.9. The molecule has 28 heavy (non-hydrogen) atoms. The van der Waals surface area contributed by atoms with Gasteiger partial charge in [-0.05, 0) is 29.8 Å². The van der Waals surface area contributed by atoms with Crippen molar-refractivity contribution in [2.45, 2.75) is 12.5 Å². The third-order valence-corrected chi connectivity index (χ3v) is 5.66. The van der Waals surface area contributed by atoms with E-state index in [9.17, 15) is 14.4 Å². The lowest BCUT2D eigenvalue weighted by Crippen LogP contribution is -2.48. The van der Waals surface area contributed by atoms with Crippen LogP contribution in [-0.4, -0.2) is 33.6 Å². The summed E-state index contributed by atoms with van der Waals surface area (Å²) >= 11 is 4.65. The van der Waals surface area contributed by atoms with E-state index in [-0.39, 0.29) is 6.42 Å². The zero-order chi connectivity index (χ0) is 19.7. The summed E-state index contributed by atoms with van der Waals surface area (Å²) in [5, 5.41) is 4.87. The molecule has 2 heterocycles. The average Bonchev–Trinajstić information content (AvgIpc) is 3.29. The maximum Gasteiger partial charge on any atom is 0.262 e. The zero-order valence-electron chi connectivity index (χ0n) is 14.5. The van der Waals surface area contributed by atoms with Gasteiger partial charge in [-0.1, -0.05) is 40.2 Å². The highest BCUT2D eigenvalue weighted by Crippen LogP contribution is 2.27. The predicted octanol–water partition coefficient (Wildman–Crippen LogP) is 3.75. The summed E-state index contributed by atoms with van der Waals surface area (Å²) in [4.78, 5) is 43.9. The molecule has 0 spiro atoms. The number of nitrogens with one attached hydrogen (secondary N) is 1. The number of amides is 3. The number of imide groups is 1. The van der Waals surface area contributed by atoms with E-state index in [4.69, 9.17) is 0 Å². The van der Waals surface area contributed by atoms with Crippen LogP contribution in [0.2, 0.25) is 0 Å². The van der Waals surface area contributed by atoms with Crippen LogP contribution in [0.3, 0.4) is 0 Å². The van der Waals surface area contributed by atoms with Crippen LogP contribution in [0.25, 0.3) is 0 Å². The summed E-state index contributed by atoms with van der Waals surface area (Å²) in [7, 11) is 0. The topological polar surface area (TPSA) is 79.4 Å². The number of thiazole rings is 1. The molecule has 3 amide bonds. The lowest BCUT2D eigenvalue weighted by atomic mass is 10.0. The monoisotopic (exact) mass is 455 g/mol. The van der Waals surface area contributed by atoms with Gasteiger partial charge in [0.05, 0.1) is 11.1 Å². The number of aromatic nitrogens is 1. The first-order valence-corrected chi connectivity index (χ1v) is 10.1. The molecule has 1 atom stereocenters. The van der Waals surface area contributed by atoms with Crippen molar-refractivity contribution in [3.63, 3.8) is 0 Å². The van der Waals surface area contributed by atoms with Crippen LogP contribution >= 0.6 is 27.3 Å². The number of hydrogen-bond acceptors (Lipinski definition) is 5. The number of nitrogens with zero attached hydrogens (tertiary/aromatic N) is 2. The van der Waals surface area contributed by atoms with Gasteiger partial charge in [0.25, 0.3) is 11.8 Å². The fraction of sp³-hybridized carbons (Fsp3) is 0.100. The number of carbonyl (C=O) groups excluding carboxylic acids is 3. The van der Waals surface area contributed by atoms with Crippen LogP contribution in [0, 0.1) is 0 Å². The number of hydrogen-bond donors (Lipinski definition) is 1. The van der Waals surface area contributed by atoms with Crippen molar-refractivity contribution < 1.29 is 14.4 Å². The van der Waals surface area contributed by atoms with Crippen LogP contribution in [0.5, 0.6) is 0 Å². The molecule has 0 saturated heterocycles. The summed E-state index contributed by atoms with van der Waals surface area (Å²) in [5.41, 5.74) is 1.46. The molecule has 1 unspecified atom stereocenters. The molecular weight excluding hydrogens is 442 g/mol. The minimum Gasteiger partial charge on any atom is -0.300 e. The average molecular weight is 456 g/mol. The molecule has 0 fully saturated rings. The first-order chi connectivity index (χ1) is 13.5. The maximum absolute atomic E-state index is 13.0. The fourth-order valence-corrected chi connectivity index (χ4v) is 3.91. The van der Waals surface area contributed by atoms with Gasteiger partial charge in [-0.25, -0.2) is 4.98 Å². The molecule has 0 aliphatic carbocycles. The fourth-order valence-electron chi connectivity index (χ4n) is 3.11. The molecule has 1 aliphatic rings. The highest BCUT2D eigenvalue weighted by atomic mass is 79.9. The first-order valence-electron chi connectivity index (χ1n) is 8.46. The molecule has 0 saturated carbocycles. The first kappa shape index (κ1) is 18.5. The number of halogens is 1. The Morgan fingerprint density at radius 1 is 1.07 bits per heavy atom. The van der Waals surface area contributed by atoms with Gasteiger partial charge in [-0.2, -0.15) is 0 Å². The van der Waals surface area contributed by atoms with Gasteiger partial charge in [0.1, 0.15) is 6.04 Å². The van der Waals surface area contributed by atoms with Crippen LogP contribution in [0.15, 0.2) is 64.6 Å². The molecule has 3 aromatic rings. The lowest BCUT2D eigenvalue weighted by molar-refractivity contribution is -0.119. The van der Waals surface area contributed by atoms with Gasteiger partial charge in [0, 0.05) is 22.5 Å². The van der Waals surface area contributed by atoms with E-state index in [1.54, 1.807) is 35.8 Å². The predicted molar refractivity (Wildman–Crippen MR) is 109 cm³/mol. The van der Waals surface area contributed by atoms with Gasteiger partial charge >= 0.3 is 0 Å². The maximum atomic E-state index is 13.0. The summed E-state index contributed by atoms with van der Waals surface area (Å²) < 4.78 is 0.903. The van der Waals surface area contributed by atoms with Crippen molar-refractivity contribution in [2.24, 2.45) is 0 Å². The van der Waals surface area contributed by atoms with Crippen LogP contribution in [0.1, 0.15) is 26.3 Å². The minimum atomic E-state index is -0.988. The van der Waals surface area contributed by atoms with Gasteiger partial charge in [0.15, 0.2) is 5.13 Å². The third kappa shape index (κ3) is 3.48. The Morgan fingerprint density at radius 3 is 2.29 bits per heavy atom. The SMILES string of the molecule is O=C(Nc1nccs1)C(Cc1ccc(Br)cc1)N1C(=O)c2ccccc2C1=O. The van der Waals surface area contributed by atoms with E-state index in [1.165, 1.54) is 11.3 Å². The molecule has 1 N–H and O–H groups in total. The van der Waals surface area contributed by atoms with Crippen LogP contribution in [0.4, 0.5) is 5.13 Å². The van der Waals surface area contributed by atoms with E-state index in [1.807, 2.05) is 24.3 Å². The molecule has 140 valence electrons. The van der Waals surface area contributed by atoms with Crippen molar-refractivity contribution in [1.82, 2.24) is 9.88 Å². The molecular formula is C20H14BrN3O3S. The largest absolute Gasteiger partial charge is 0.300 e. The van der Waals surface area contributed by atoms with Crippen molar-refractivity contribution in [3.05, 3.63) is 81.3 Å². The summed E-state index contributed by atoms with van der Waals surface area (Å²) in [6, 6.07) is 13.0. The second-order valence-electron chi connectivity index (χ2n) is 6.20. The summed E-state index contributed by atoms with van der Waals surface area (Å²) in [5.74, 6) is -1.37. The normalized spacial score (nSPS) is 14.1. The Morgan fingerprint density at radius 2 is 1.71 bits per heavy atom. The van der Waals surface area contributed by atoms with Gasteiger partial charge in [-0.15, -0.1) is 11.3 Å². The Hall–Kier alpha value is -2.84. The van der Waals surface area contributed by atoms with Crippen molar-refractivity contribution in [3.8, 4) is 0 Å². The number of fused-ring (bicyclic) bond motifs is 1. The highest BCUT2D eigenvalue weighted by Gasteiger charge is 2.42. The number of anilines is 1. The van der Waals surface area contributed by atoms with Crippen molar-refractivity contribution in [1.29, 1.82) is 0 Å². The molecule has 1 aromatic heterocycles. The smallest absolute Gasteiger partial charge is 0.262 e. The highest BCUT2D eigenvalue weighted by molar-refractivity contribution is 9.10. The molecule has 4 rings (SSSR count). The summed E-state index contributed by atoms with van der Waals surface area (Å²) in [6.07, 6.45) is 1.78. The molecule has 0 bridgehead atoms. The summed E-state index contributed by atoms with van der Waals surface area (Å²) in [6.45, 7) is 0. The third-order valence-electron chi connectivity index (χ3n) is 4.44. The molecule has 2 aromatic carbocycles. The second kappa shape index (κ2) is 7.65. The van der Waals surface area contributed by atoms with Crippen LogP contribution < -0.4 is 5.32 Å². The van der Waals surface area contributed by atoms with Crippen LogP contribution in [-0.2, 0) is 11.2 Å². The number of carbonyl (C=O) groups is 3. The Balaban J connectivity index is 1.68. The van der Waals surface area contributed by atoms with Crippen molar-refractivity contribution in [2.75, 3.05) is 5.32 Å². The Bertz CT molecular complexity index is 1020. The standard InChI is InChI=1S/C20H14BrN3O3S/c21-13-7-5-12(6-8-13)11-16(17(25)23-20-22-9-10-28-20)24-18(26)14-3-1-2-4-15(14)19(24)27/h1-10,16H,11H2,(H,22,23,25). The molecule has 0 radical (unpaired) electrons. The Labute approximate surface area is 173 Å². The van der Waals surface area contributed by atoms with E-state index in [2.05, 4.69) is 26.2 Å². The molecule has 6 nitrogen and oxygen atoms in total. The van der Waals surface area contributed by atoms with E-state index in [0.717, 1.165) is 14.9 Å².